The lowest BCUT2D eigenvalue weighted by Gasteiger charge is -2.16. The number of ether oxygens (including phenoxy) is 2. The number of aldehydes is 1. The molecule has 1 N–H and O–H groups in total. The fourth-order valence-corrected chi connectivity index (χ4v) is 4.60. The van der Waals surface area contributed by atoms with Gasteiger partial charge in [-0.2, -0.15) is 0 Å². The standard InChI is InChI=1S/C28H23ClFNO2S.C2H6O.C2H6/c1-18-12-20(8-10-24(18)29)23-14-28(33-2)27(15-25(23)30)31-26-11-9-22(13-21(26)16-32)34-17-19-6-4-3-5-7-19;1-3-2;1-2/h3-16,31H,17H2,1-2H3;1-2H3;1-2H3. The Hall–Kier alpha value is -3.32. The Morgan fingerprint density at radius 1 is 0.923 bits per heavy atom. The molecule has 7 heteroatoms. The van der Waals surface area contributed by atoms with Crippen LogP contribution in [0.15, 0.2) is 83.8 Å². The normalized spacial score (nSPS) is 9.95. The summed E-state index contributed by atoms with van der Waals surface area (Å²) in [4.78, 5) is 12.8. The van der Waals surface area contributed by atoms with Gasteiger partial charge in [-0.1, -0.05) is 61.8 Å². The molecule has 0 amide bonds. The van der Waals surface area contributed by atoms with Gasteiger partial charge in [0.25, 0.3) is 0 Å². The highest BCUT2D eigenvalue weighted by Crippen LogP contribution is 2.37. The minimum Gasteiger partial charge on any atom is -0.495 e. The summed E-state index contributed by atoms with van der Waals surface area (Å²) in [6.45, 7) is 5.87. The van der Waals surface area contributed by atoms with Gasteiger partial charge in [-0.25, -0.2) is 4.39 Å². The molecule has 0 heterocycles. The summed E-state index contributed by atoms with van der Waals surface area (Å²) in [6, 6.07) is 24.1. The third kappa shape index (κ3) is 9.13. The van der Waals surface area contributed by atoms with Gasteiger partial charge < -0.3 is 14.8 Å². The van der Waals surface area contributed by atoms with Gasteiger partial charge in [0.15, 0.2) is 6.29 Å². The third-order valence-electron chi connectivity index (χ3n) is 5.43. The second kappa shape index (κ2) is 16.6. The number of aryl methyl sites for hydroxylation is 1. The number of carbonyl (C=O) groups is 1. The van der Waals surface area contributed by atoms with Crippen LogP contribution in [0, 0.1) is 12.7 Å². The van der Waals surface area contributed by atoms with E-state index in [9.17, 15) is 4.79 Å². The maximum Gasteiger partial charge on any atom is 0.152 e. The monoisotopic (exact) mass is 567 g/mol. The number of anilines is 2. The molecule has 0 unspecified atom stereocenters. The molecule has 0 saturated heterocycles. The third-order valence-corrected chi connectivity index (χ3v) is 6.91. The SMILES string of the molecule is CC.COC.COc1cc(-c2ccc(Cl)c(C)c2)c(F)cc1Nc1ccc(SCc2ccccc2)cc1C=O. The quantitative estimate of drug-likeness (QED) is 0.170. The van der Waals surface area contributed by atoms with Crippen LogP contribution in [0.1, 0.15) is 35.3 Å². The maximum atomic E-state index is 15.1. The summed E-state index contributed by atoms with van der Waals surface area (Å²) in [5.74, 6) is 0.854. The zero-order valence-electron chi connectivity index (χ0n) is 23.2. The fourth-order valence-electron chi connectivity index (χ4n) is 3.58. The Morgan fingerprint density at radius 2 is 1.62 bits per heavy atom. The second-order valence-electron chi connectivity index (χ2n) is 8.17. The van der Waals surface area contributed by atoms with E-state index in [0.29, 0.717) is 38.8 Å². The molecule has 0 aliphatic rings. The van der Waals surface area contributed by atoms with Crippen LogP contribution < -0.4 is 10.1 Å². The lowest BCUT2D eigenvalue weighted by atomic mass is 10.0. The molecule has 0 bridgehead atoms. The second-order valence-corrected chi connectivity index (χ2v) is 9.63. The zero-order valence-corrected chi connectivity index (χ0v) is 24.8. The Kier molecular flexibility index (Phi) is 13.6. The first-order valence-corrected chi connectivity index (χ1v) is 13.8. The number of nitrogens with one attached hydrogen (secondary N) is 1. The highest BCUT2D eigenvalue weighted by molar-refractivity contribution is 7.98. The van der Waals surface area contributed by atoms with Gasteiger partial charge in [-0.15, -0.1) is 11.8 Å². The van der Waals surface area contributed by atoms with Gasteiger partial charge in [0.2, 0.25) is 0 Å². The minimum atomic E-state index is -0.410. The van der Waals surface area contributed by atoms with Crippen LogP contribution in [0.3, 0.4) is 0 Å². The van der Waals surface area contributed by atoms with Crippen molar-refractivity contribution in [2.24, 2.45) is 0 Å². The molecule has 4 rings (SSSR count). The largest absolute Gasteiger partial charge is 0.495 e. The molecule has 0 aliphatic heterocycles. The van der Waals surface area contributed by atoms with Crippen LogP contribution in [0.25, 0.3) is 11.1 Å². The molecule has 0 saturated carbocycles. The van der Waals surface area contributed by atoms with Crippen LogP contribution in [0.4, 0.5) is 15.8 Å². The lowest BCUT2D eigenvalue weighted by molar-refractivity contribution is 0.112. The average molecular weight is 568 g/mol. The van der Waals surface area contributed by atoms with Crippen molar-refractivity contribution in [1.29, 1.82) is 0 Å². The Labute approximate surface area is 240 Å². The number of hydrogen-bond acceptors (Lipinski definition) is 5. The van der Waals surface area contributed by atoms with Crippen molar-refractivity contribution in [2.45, 2.75) is 31.4 Å². The smallest absolute Gasteiger partial charge is 0.152 e. The van der Waals surface area contributed by atoms with Crippen molar-refractivity contribution in [3.63, 3.8) is 0 Å². The number of benzene rings is 4. The van der Waals surface area contributed by atoms with Crippen molar-refractivity contribution in [3.05, 3.63) is 106 Å². The molecule has 4 aromatic carbocycles. The van der Waals surface area contributed by atoms with Crippen molar-refractivity contribution in [1.82, 2.24) is 0 Å². The zero-order chi connectivity index (χ0) is 28.8. The number of methoxy groups -OCH3 is 2. The lowest BCUT2D eigenvalue weighted by Crippen LogP contribution is -2.00. The van der Waals surface area contributed by atoms with E-state index in [-0.39, 0.29) is 0 Å². The molecular formula is C32H35ClFNO3S. The first-order valence-electron chi connectivity index (χ1n) is 12.5. The Morgan fingerprint density at radius 3 is 2.23 bits per heavy atom. The molecule has 4 nitrogen and oxygen atoms in total. The minimum absolute atomic E-state index is 0.408. The average Bonchev–Trinajstić information content (AvgIpc) is 2.96. The van der Waals surface area contributed by atoms with Gasteiger partial charge in [0, 0.05) is 52.8 Å². The summed E-state index contributed by atoms with van der Waals surface area (Å²) in [6.07, 6.45) is 0.794. The highest BCUT2D eigenvalue weighted by Gasteiger charge is 2.15. The molecule has 0 fully saturated rings. The predicted octanol–water partition coefficient (Wildman–Crippen LogP) is 9.60. The van der Waals surface area contributed by atoms with Crippen LogP contribution >= 0.6 is 23.4 Å². The summed E-state index contributed by atoms with van der Waals surface area (Å²) in [5.41, 5.74) is 4.68. The van der Waals surface area contributed by atoms with Gasteiger partial charge >= 0.3 is 0 Å². The molecule has 0 spiro atoms. The Bertz CT molecular complexity index is 1350. The number of hydrogen-bond donors (Lipinski definition) is 1. The van der Waals surface area contributed by atoms with Gasteiger partial charge in [0.1, 0.15) is 11.6 Å². The molecule has 0 atom stereocenters. The van der Waals surface area contributed by atoms with Crippen LogP contribution in [-0.2, 0) is 10.5 Å². The highest BCUT2D eigenvalue weighted by atomic mass is 35.5. The van der Waals surface area contributed by atoms with Gasteiger partial charge in [-0.05, 0) is 60.0 Å². The first kappa shape index (κ1) is 31.9. The summed E-state index contributed by atoms with van der Waals surface area (Å²) < 4.78 is 24.9. The number of carbonyl (C=O) groups excluding carboxylic acids is 1. The van der Waals surface area contributed by atoms with E-state index in [1.54, 1.807) is 44.2 Å². The predicted molar refractivity (Wildman–Crippen MR) is 164 cm³/mol. The van der Waals surface area contributed by atoms with Crippen LogP contribution in [0.5, 0.6) is 5.75 Å². The van der Waals surface area contributed by atoms with Crippen molar-refractivity contribution in [3.8, 4) is 16.9 Å². The van der Waals surface area contributed by atoms with E-state index in [1.165, 1.54) is 18.7 Å². The Balaban J connectivity index is 0.000000998. The number of halogens is 2. The number of rotatable bonds is 8. The first-order chi connectivity index (χ1) is 18.9. The summed E-state index contributed by atoms with van der Waals surface area (Å²) in [5, 5.41) is 3.78. The molecule has 0 radical (unpaired) electrons. The van der Waals surface area contributed by atoms with E-state index < -0.39 is 5.82 Å². The van der Waals surface area contributed by atoms with E-state index in [4.69, 9.17) is 16.3 Å². The summed E-state index contributed by atoms with van der Waals surface area (Å²) >= 11 is 7.76. The van der Waals surface area contributed by atoms with Crippen LogP contribution in [0.2, 0.25) is 5.02 Å². The van der Waals surface area contributed by atoms with Gasteiger partial charge in [-0.3, -0.25) is 4.79 Å². The van der Waals surface area contributed by atoms with Crippen molar-refractivity contribution in [2.75, 3.05) is 26.6 Å². The molecule has 4 aromatic rings. The fraction of sp³-hybridized carbons (Fsp3) is 0.219. The molecule has 0 aliphatic carbocycles. The maximum absolute atomic E-state index is 15.1. The van der Waals surface area contributed by atoms with Crippen LogP contribution in [-0.4, -0.2) is 27.6 Å². The number of thioether (sulfide) groups is 1. The molecule has 39 heavy (non-hydrogen) atoms. The van der Waals surface area contributed by atoms with Crippen molar-refractivity contribution >= 4 is 41.0 Å². The molecule has 0 aromatic heterocycles. The van der Waals surface area contributed by atoms with Gasteiger partial charge in [0.05, 0.1) is 12.8 Å². The van der Waals surface area contributed by atoms with E-state index in [1.807, 2.05) is 63.2 Å². The molecule has 206 valence electrons. The van der Waals surface area contributed by atoms with E-state index in [2.05, 4.69) is 22.2 Å². The topological polar surface area (TPSA) is 47.6 Å². The van der Waals surface area contributed by atoms with E-state index in [0.717, 1.165) is 22.5 Å². The van der Waals surface area contributed by atoms with Crippen molar-refractivity contribution < 1.29 is 18.7 Å². The molecular weight excluding hydrogens is 533 g/mol. The van der Waals surface area contributed by atoms with E-state index >= 15 is 4.39 Å². The summed E-state index contributed by atoms with van der Waals surface area (Å²) in [7, 11) is 4.78.